The highest BCUT2D eigenvalue weighted by molar-refractivity contribution is 7.89. The van der Waals surface area contributed by atoms with E-state index in [4.69, 9.17) is 0 Å². The summed E-state index contributed by atoms with van der Waals surface area (Å²) in [5.41, 5.74) is 0.0439. The van der Waals surface area contributed by atoms with Crippen LogP contribution in [-0.4, -0.2) is 49.3 Å². The number of aromatic hydroxyl groups is 1. The summed E-state index contributed by atoms with van der Waals surface area (Å²) in [5.74, 6) is -0.220. The van der Waals surface area contributed by atoms with Gasteiger partial charge in [0.2, 0.25) is 21.8 Å². The Morgan fingerprint density at radius 1 is 1.26 bits per heavy atom. The van der Waals surface area contributed by atoms with Crippen molar-refractivity contribution in [3.05, 3.63) is 18.2 Å². The Kier molecular flexibility index (Phi) is 5.71. The Morgan fingerprint density at radius 2 is 1.93 bits per heavy atom. The van der Waals surface area contributed by atoms with E-state index in [1.807, 2.05) is 6.92 Å². The molecule has 1 aliphatic carbocycles. The molecule has 1 aliphatic heterocycles. The molecule has 9 heteroatoms. The average molecular weight is 395 g/mol. The summed E-state index contributed by atoms with van der Waals surface area (Å²) < 4.78 is 26.6. The van der Waals surface area contributed by atoms with Crippen molar-refractivity contribution in [3.63, 3.8) is 0 Å². The van der Waals surface area contributed by atoms with Crippen molar-refractivity contribution in [1.29, 1.82) is 0 Å². The molecule has 1 heterocycles. The summed E-state index contributed by atoms with van der Waals surface area (Å²) in [5, 5.41) is 15.2. The van der Waals surface area contributed by atoms with E-state index < -0.39 is 15.9 Å². The number of rotatable bonds is 7. The fourth-order valence-electron chi connectivity index (χ4n) is 3.18. The molecule has 0 bridgehead atoms. The quantitative estimate of drug-likeness (QED) is 0.602. The molecule has 1 aromatic rings. The topological polar surface area (TPSA) is 116 Å². The summed E-state index contributed by atoms with van der Waals surface area (Å²) >= 11 is 0. The fraction of sp³-hybridized carbons (Fsp3) is 0.556. The van der Waals surface area contributed by atoms with Crippen LogP contribution in [0.3, 0.4) is 0 Å². The maximum absolute atomic E-state index is 12.6. The van der Waals surface area contributed by atoms with Gasteiger partial charge in [0.15, 0.2) is 0 Å². The third-order valence-corrected chi connectivity index (χ3v) is 6.94. The van der Waals surface area contributed by atoms with Gasteiger partial charge in [-0.05, 0) is 43.4 Å². The molecule has 148 valence electrons. The van der Waals surface area contributed by atoms with E-state index in [0.717, 1.165) is 19.3 Å². The number of phenols is 1. The number of carbonyl (C=O) groups is 2. The number of benzene rings is 1. The van der Waals surface area contributed by atoms with Gasteiger partial charge in [0, 0.05) is 32.0 Å². The number of hydrogen-bond acceptors (Lipinski definition) is 5. The third kappa shape index (κ3) is 4.59. The van der Waals surface area contributed by atoms with Crippen LogP contribution in [-0.2, 0) is 19.6 Å². The van der Waals surface area contributed by atoms with Crippen LogP contribution in [0, 0.1) is 11.8 Å². The SMILES string of the molecule is CC1CC1C(=O)NCCC(=O)Nc1cc(S(=O)(=O)N2CCCC2)ccc1O. The molecule has 0 spiro atoms. The monoisotopic (exact) mass is 395 g/mol. The van der Waals surface area contributed by atoms with Crippen LogP contribution >= 0.6 is 0 Å². The number of nitrogens with zero attached hydrogens (tertiary/aromatic N) is 1. The van der Waals surface area contributed by atoms with Gasteiger partial charge < -0.3 is 15.7 Å². The second kappa shape index (κ2) is 7.85. The van der Waals surface area contributed by atoms with Gasteiger partial charge in [-0.2, -0.15) is 4.31 Å². The van der Waals surface area contributed by atoms with E-state index in [1.54, 1.807) is 0 Å². The number of hydrogen-bond donors (Lipinski definition) is 3. The van der Waals surface area contributed by atoms with E-state index in [-0.39, 0.29) is 41.1 Å². The molecule has 1 saturated carbocycles. The van der Waals surface area contributed by atoms with Gasteiger partial charge >= 0.3 is 0 Å². The Morgan fingerprint density at radius 3 is 2.56 bits per heavy atom. The lowest BCUT2D eigenvalue weighted by molar-refractivity contribution is -0.122. The standard InChI is InChI=1S/C18H25N3O5S/c1-12-10-14(12)18(24)19-7-6-17(23)20-15-11-13(4-5-16(15)22)27(25,26)21-8-2-3-9-21/h4-5,11-12,14,22H,2-3,6-10H2,1H3,(H,19,24)(H,20,23). The smallest absolute Gasteiger partial charge is 0.243 e. The van der Waals surface area contributed by atoms with Crippen molar-refractivity contribution in [2.75, 3.05) is 25.0 Å². The largest absolute Gasteiger partial charge is 0.506 e. The Hall–Kier alpha value is -2.13. The number of anilines is 1. The van der Waals surface area contributed by atoms with Gasteiger partial charge in [-0.15, -0.1) is 0 Å². The molecule has 0 radical (unpaired) electrons. The Bertz CT molecular complexity index is 833. The second-order valence-electron chi connectivity index (χ2n) is 7.20. The lowest BCUT2D eigenvalue weighted by Crippen LogP contribution is -2.29. The number of sulfonamides is 1. The maximum Gasteiger partial charge on any atom is 0.243 e. The van der Waals surface area contributed by atoms with E-state index >= 15 is 0 Å². The minimum Gasteiger partial charge on any atom is -0.506 e. The molecular formula is C18H25N3O5S. The highest BCUT2D eigenvalue weighted by Gasteiger charge is 2.38. The average Bonchev–Trinajstić information content (AvgIpc) is 3.10. The first-order valence-corrected chi connectivity index (χ1v) is 10.6. The van der Waals surface area contributed by atoms with Gasteiger partial charge in [-0.25, -0.2) is 8.42 Å². The van der Waals surface area contributed by atoms with Crippen LogP contribution in [0.25, 0.3) is 0 Å². The molecule has 3 N–H and O–H groups in total. The molecule has 2 unspecified atom stereocenters. The summed E-state index contributed by atoms with van der Waals surface area (Å²) in [6, 6.07) is 3.86. The Balaban J connectivity index is 1.59. The molecule has 1 saturated heterocycles. The number of carbonyl (C=O) groups excluding carboxylic acids is 2. The van der Waals surface area contributed by atoms with E-state index in [2.05, 4.69) is 10.6 Å². The van der Waals surface area contributed by atoms with Crippen molar-refractivity contribution < 1.29 is 23.1 Å². The molecule has 3 rings (SSSR count). The second-order valence-corrected chi connectivity index (χ2v) is 9.14. The molecular weight excluding hydrogens is 370 g/mol. The van der Waals surface area contributed by atoms with Gasteiger partial charge in [-0.3, -0.25) is 9.59 Å². The minimum atomic E-state index is -3.64. The lowest BCUT2D eigenvalue weighted by Gasteiger charge is -2.16. The molecule has 27 heavy (non-hydrogen) atoms. The van der Waals surface area contributed by atoms with E-state index in [0.29, 0.717) is 19.0 Å². The van der Waals surface area contributed by atoms with E-state index in [9.17, 15) is 23.1 Å². The summed E-state index contributed by atoms with van der Waals surface area (Å²) in [6.07, 6.45) is 2.57. The highest BCUT2D eigenvalue weighted by atomic mass is 32.2. The normalized spacial score (nSPS) is 22.4. The first-order valence-electron chi connectivity index (χ1n) is 9.20. The summed E-state index contributed by atoms with van der Waals surface area (Å²) in [7, 11) is -3.64. The first kappa shape index (κ1) is 19.6. The third-order valence-electron chi connectivity index (χ3n) is 5.04. The van der Waals surface area contributed by atoms with Crippen molar-refractivity contribution >= 4 is 27.5 Å². The maximum atomic E-state index is 12.6. The zero-order chi connectivity index (χ0) is 19.6. The van der Waals surface area contributed by atoms with Crippen molar-refractivity contribution in [1.82, 2.24) is 9.62 Å². The summed E-state index contributed by atoms with van der Waals surface area (Å²) in [6.45, 7) is 3.15. The van der Waals surface area contributed by atoms with Crippen LogP contribution in [0.5, 0.6) is 5.75 Å². The molecule has 2 atom stereocenters. The van der Waals surface area contributed by atoms with Gasteiger partial charge in [-0.1, -0.05) is 6.92 Å². The zero-order valence-electron chi connectivity index (χ0n) is 15.3. The molecule has 2 amide bonds. The van der Waals surface area contributed by atoms with Gasteiger partial charge in [0.1, 0.15) is 5.75 Å². The fourth-order valence-corrected chi connectivity index (χ4v) is 4.73. The van der Waals surface area contributed by atoms with Crippen molar-refractivity contribution in [2.45, 2.75) is 37.5 Å². The number of phenolic OH excluding ortho intramolecular Hbond substituents is 1. The molecule has 0 aromatic heterocycles. The van der Waals surface area contributed by atoms with Crippen molar-refractivity contribution in [3.8, 4) is 5.75 Å². The van der Waals surface area contributed by atoms with Crippen LogP contribution in [0.15, 0.2) is 23.1 Å². The molecule has 8 nitrogen and oxygen atoms in total. The van der Waals surface area contributed by atoms with Crippen LogP contribution in [0.4, 0.5) is 5.69 Å². The summed E-state index contributed by atoms with van der Waals surface area (Å²) in [4.78, 5) is 23.9. The first-order chi connectivity index (χ1) is 12.8. The van der Waals surface area contributed by atoms with Crippen LogP contribution in [0.1, 0.15) is 32.6 Å². The van der Waals surface area contributed by atoms with Gasteiger partial charge in [0.05, 0.1) is 10.6 Å². The highest BCUT2D eigenvalue weighted by Crippen LogP contribution is 2.37. The number of nitrogens with one attached hydrogen (secondary N) is 2. The lowest BCUT2D eigenvalue weighted by atomic mass is 10.2. The van der Waals surface area contributed by atoms with Crippen LogP contribution < -0.4 is 10.6 Å². The van der Waals surface area contributed by atoms with E-state index in [1.165, 1.54) is 22.5 Å². The Labute approximate surface area is 159 Å². The van der Waals surface area contributed by atoms with Crippen LogP contribution in [0.2, 0.25) is 0 Å². The molecule has 1 aromatic carbocycles. The zero-order valence-corrected chi connectivity index (χ0v) is 16.1. The van der Waals surface area contributed by atoms with Crippen molar-refractivity contribution in [2.24, 2.45) is 11.8 Å². The number of amides is 2. The molecule has 2 fully saturated rings. The predicted octanol–water partition coefficient (Wildman–Crippen LogP) is 1.28. The minimum absolute atomic E-state index is 0.0357. The predicted molar refractivity (Wildman–Crippen MR) is 99.6 cm³/mol. The molecule has 2 aliphatic rings. The van der Waals surface area contributed by atoms with Gasteiger partial charge in [0.25, 0.3) is 0 Å².